The van der Waals surface area contributed by atoms with Crippen LogP contribution >= 0.6 is 0 Å². The van der Waals surface area contributed by atoms with Crippen molar-refractivity contribution in [3.63, 3.8) is 0 Å². The second kappa shape index (κ2) is 4.88. The van der Waals surface area contributed by atoms with Gasteiger partial charge in [-0.2, -0.15) is 0 Å². The second-order valence-corrected chi connectivity index (χ2v) is 5.71. The molecule has 1 heterocycles. The molecule has 0 aliphatic rings. The van der Waals surface area contributed by atoms with E-state index in [9.17, 15) is 4.79 Å². The normalized spacial score (nSPS) is 11.0. The van der Waals surface area contributed by atoms with E-state index in [4.69, 9.17) is 4.42 Å². The van der Waals surface area contributed by atoms with E-state index in [1.54, 1.807) is 0 Å². The van der Waals surface area contributed by atoms with Crippen molar-refractivity contribution in [2.24, 2.45) is 0 Å². The fraction of sp³-hybridized carbons (Fsp3) is 0.211. The van der Waals surface area contributed by atoms with Crippen molar-refractivity contribution < 1.29 is 4.42 Å². The van der Waals surface area contributed by atoms with Crippen LogP contribution in [0, 0.1) is 27.7 Å². The topological polar surface area (TPSA) is 30.2 Å². The Morgan fingerprint density at radius 3 is 2.19 bits per heavy atom. The Kier molecular flexibility index (Phi) is 3.17. The van der Waals surface area contributed by atoms with Crippen molar-refractivity contribution >= 4 is 11.0 Å². The zero-order valence-corrected chi connectivity index (χ0v) is 12.8. The molecule has 0 atom stereocenters. The first-order valence-electron chi connectivity index (χ1n) is 7.09. The van der Waals surface area contributed by atoms with Crippen LogP contribution in [0.4, 0.5) is 0 Å². The Labute approximate surface area is 124 Å². The third-order valence-corrected chi connectivity index (χ3v) is 3.92. The van der Waals surface area contributed by atoms with Gasteiger partial charge in [-0.25, -0.2) is 4.79 Å². The number of aryl methyl sites for hydroxylation is 3. The van der Waals surface area contributed by atoms with Crippen LogP contribution in [0.25, 0.3) is 22.1 Å². The molecule has 0 aliphatic carbocycles. The minimum atomic E-state index is -0.261. The van der Waals surface area contributed by atoms with Crippen LogP contribution in [-0.2, 0) is 0 Å². The molecule has 0 unspecified atom stereocenters. The average Bonchev–Trinajstić information content (AvgIpc) is 2.42. The number of rotatable bonds is 1. The van der Waals surface area contributed by atoms with Gasteiger partial charge >= 0.3 is 5.63 Å². The van der Waals surface area contributed by atoms with Crippen molar-refractivity contribution in [1.29, 1.82) is 0 Å². The zero-order valence-electron chi connectivity index (χ0n) is 12.8. The summed E-state index contributed by atoms with van der Waals surface area (Å²) in [5.74, 6) is 0. The maximum absolute atomic E-state index is 12.1. The number of hydrogen-bond donors (Lipinski definition) is 0. The SMILES string of the molecule is Cc1ccc(-c2c(C)c(=O)oc3cc(C)cc(C)c23)cc1. The van der Waals surface area contributed by atoms with Crippen molar-refractivity contribution in [3.05, 3.63) is 69.1 Å². The van der Waals surface area contributed by atoms with Crippen LogP contribution in [0.3, 0.4) is 0 Å². The lowest BCUT2D eigenvalue weighted by Gasteiger charge is -2.12. The zero-order chi connectivity index (χ0) is 15.1. The predicted molar refractivity (Wildman–Crippen MR) is 86.9 cm³/mol. The van der Waals surface area contributed by atoms with E-state index in [-0.39, 0.29) is 5.63 Å². The van der Waals surface area contributed by atoms with Gasteiger partial charge in [0.1, 0.15) is 5.58 Å². The summed E-state index contributed by atoms with van der Waals surface area (Å²) in [6.07, 6.45) is 0. The van der Waals surface area contributed by atoms with Crippen molar-refractivity contribution in [3.8, 4) is 11.1 Å². The van der Waals surface area contributed by atoms with Crippen LogP contribution in [0.15, 0.2) is 45.6 Å². The summed E-state index contributed by atoms with van der Waals surface area (Å²) >= 11 is 0. The molecule has 0 radical (unpaired) electrons. The molecule has 21 heavy (non-hydrogen) atoms. The monoisotopic (exact) mass is 278 g/mol. The Bertz CT molecular complexity index is 884. The Balaban J connectivity index is 2.48. The molecule has 0 aliphatic heterocycles. The van der Waals surface area contributed by atoms with Gasteiger partial charge in [0.2, 0.25) is 0 Å². The summed E-state index contributed by atoms with van der Waals surface area (Å²) in [5, 5.41) is 1.03. The average molecular weight is 278 g/mol. The molecule has 3 rings (SSSR count). The van der Waals surface area contributed by atoms with Gasteiger partial charge in [-0.3, -0.25) is 0 Å². The standard InChI is InChI=1S/C19H18O2/c1-11-5-7-15(8-6-11)18-14(4)19(20)21-16-10-12(2)9-13(3)17(16)18/h5-10H,1-4H3. The van der Waals surface area contributed by atoms with Gasteiger partial charge < -0.3 is 4.42 Å². The lowest BCUT2D eigenvalue weighted by Crippen LogP contribution is -2.06. The van der Waals surface area contributed by atoms with Crippen molar-refractivity contribution in [1.82, 2.24) is 0 Å². The van der Waals surface area contributed by atoms with Crippen LogP contribution < -0.4 is 5.63 Å². The summed E-state index contributed by atoms with van der Waals surface area (Å²) < 4.78 is 5.48. The highest BCUT2D eigenvalue weighted by Gasteiger charge is 2.15. The smallest absolute Gasteiger partial charge is 0.339 e. The maximum Gasteiger partial charge on any atom is 0.339 e. The van der Waals surface area contributed by atoms with Crippen LogP contribution in [-0.4, -0.2) is 0 Å². The predicted octanol–water partition coefficient (Wildman–Crippen LogP) is 4.69. The molecule has 2 heteroatoms. The quantitative estimate of drug-likeness (QED) is 0.604. The molecule has 0 spiro atoms. The highest BCUT2D eigenvalue weighted by atomic mass is 16.4. The van der Waals surface area contributed by atoms with E-state index in [1.807, 2.05) is 19.9 Å². The molecule has 2 nitrogen and oxygen atoms in total. The van der Waals surface area contributed by atoms with Crippen LogP contribution in [0.2, 0.25) is 0 Å². The summed E-state index contributed by atoms with van der Waals surface area (Å²) in [4.78, 5) is 12.1. The molecule has 2 aromatic carbocycles. The molecular formula is C19H18O2. The summed E-state index contributed by atoms with van der Waals surface area (Å²) in [6, 6.07) is 12.3. The first-order chi connectivity index (χ1) is 9.97. The highest BCUT2D eigenvalue weighted by Crippen LogP contribution is 2.33. The summed E-state index contributed by atoms with van der Waals surface area (Å²) in [5.41, 5.74) is 6.55. The Morgan fingerprint density at radius 1 is 0.857 bits per heavy atom. The van der Waals surface area contributed by atoms with E-state index in [0.29, 0.717) is 11.1 Å². The fourth-order valence-electron chi connectivity index (χ4n) is 2.88. The molecule has 1 aromatic heterocycles. The molecule has 0 saturated carbocycles. The van der Waals surface area contributed by atoms with Crippen LogP contribution in [0.1, 0.15) is 22.3 Å². The van der Waals surface area contributed by atoms with E-state index in [2.05, 4.69) is 44.2 Å². The molecule has 106 valence electrons. The van der Waals surface area contributed by atoms with E-state index in [1.165, 1.54) is 5.56 Å². The van der Waals surface area contributed by atoms with Gasteiger partial charge in [-0.05, 0) is 50.5 Å². The number of hydrogen-bond acceptors (Lipinski definition) is 2. The number of fused-ring (bicyclic) bond motifs is 1. The third-order valence-electron chi connectivity index (χ3n) is 3.92. The number of benzene rings is 2. The summed E-state index contributed by atoms with van der Waals surface area (Å²) in [7, 11) is 0. The summed E-state index contributed by atoms with van der Waals surface area (Å²) in [6.45, 7) is 7.97. The van der Waals surface area contributed by atoms with Crippen molar-refractivity contribution in [2.75, 3.05) is 0 Å². The first-order valence-corrected chi connectivity index (χ1v) is 7.09. The van der Waals surface area contributed by atoms with Gasteiger partial charge in [0.15, 0.2) is 0 Å². The lowest BCUT2D eigenvalue weighted by molar-refractivity contribution is 0.555. The Morgan fingerprint density at radius 2 is 1.52 bits per heavy atom. The molecule has 3 aromatic rings. The maximum atomic E-state index is 12.1. The Hall–Kier alpha value is -2.35. The molecule has 0 amide bonds. The van der Waals surface area contributed by atoms with Gasteiger partial charge in [0, 0.05) is 16.5 Å². The lowest BCUT2D eigenvalue weighted by atomic mass is 9.94. The van der Waals surface area contributed by atoms with E-state index < -0.39 is 0 Å². The van der Waals surface area contributed by atoms with E-state index in [0.717, 1.165) is 27.6 Å². The largest absolute Gasteiger partial charge is 0.422 e. The minimum absolute atomic E-state index is 0.261. The highest BCUT2D eigenvalue weighted by molar-refractivity contribution is 5.97. The van der Waals surface area contributed by atoms with Gasteiger partial charge in [-0.1, -0.05) is 35.9 Å². The van der Waals surface area contributed by atoms with Crippen molar-refractivity contribution in [2.45, 2.75) is 27.7 Å². The fourth-order valence-corrected chi connectivity index (χ4v) is 2.88. The molecular weight excluding hydrogens is 260 g/mol. The van der Waals surface area contributed by atoms with Gasteiger partial charge in [-0.15, -0.1) is 0 Å². The minimum Gasteiger partial charge on any atom is -0.422 e. The molecule has 0 fully saturated rings. The second-order valence-electron chi connectivity index (χ2n) is 5.71. The van der Waals surface area contributed by atoms with E-state index >= 15 is 0 Å². The molecule has 0 bridgehead atoms. The first kappa shape index (κ1) is 13.6. The van der Waals surface area contributed by atoms with Crippen LogP contribution in [0.5, 0.6) is 0 Å². The third kappa shape index (κ3) is 2.27. The van der Waals surface area contributed by atoms with Gasteiger partial charge in [0.05, 0.1) is 0 Å². The molecule has 0 saturated heterocycles. The van der Waals surface area contributed by atoms with Gasteiger partial charge in [0.25, 0.3) is 0 Å². The molecule has 0 N–H and O–H groups in total.